The molecule has 0 radical (unpaired) electrons. The maximum atomic E-state index is 12.5. The normalized spacial score (nSPS) is 17.2. The van der Waals surface area contributed by atoms with Crippen molar-refractivity contribution >= 4 is 16.4 Å². The maximum Gasteiger partial charge on any atom is 0.314 e. The monoisotopic (exact) mass is 403 g/mol. The van der Waals surface area contributed by atoms with Gasteiger partial charge in [-0.15, -0.1) is 5.10 Å². The van der Waals surface area contributed by atoms with Gasteiger partial charge in [-0.05, 0) is 55.3 Å². The molecule has 1 saturated heterocycles. The van der Waals surface area contributed by atoms with Crippen molar-refractivity contribution in [3.8, 4) is 6.01 Å². The van der Waals surface area contributed by atoms with Crippen LogP contribution in [0.1, 0.15) is 29.7 Å². The molecule has 7 nitrogen and oxygen atoms in total. The summed E-state index contributed by atoms with van der Waals surface area (Å²) in [6, 6.07) is 13.2. The Morgan fingerprint density at radius 1 is 1.23 bits per heavy atom. The molecule has 30 heavy (non-hydrogen) atoms. The van der Waals surface area contributed by atoms with E-state index < -0.39 is 0 Å². The minimum atomic E-state index is -0.292. The number of H-pyrrole nitrogens is 1. The molecule has 7 heteroatoms. The quantitative estimate of drug-likeness (QED) is 0.555. The third-order valence-corrected chi connectivity index (χ3v) is 6.08. The average Bonchev–Trinajstić information content (AvgIpc) is 3.33. The lowest BCUT2D eigenvalue weighted by molar-refractivity contribution is 0.185. The smallest absolute Gasteiger partial charge is 0.314 e. The van der Waals surface area contributed by atoms with Crippen LogP contribution in [0.5, 0.6) is 6.01 Å². The predicted octanol–water partition coefficient (Wildman–Crippen LogP) is 2.94. The first-order valence-electron chi connectivity index (χ1n) is 10.4. The molecule has 1 N–H and O–H groups in total. The molecule has 3 heterocycles. The Bertz CT molecular complexity index is 1270. The number of aromatic amines is 1. The van der Waals surface area contributed by atoms with Gasteiger partial charge in [-0.2, -0.15) is 0 Å². The summed E-state index contributed by atoms with van der Waals surface area (Å²) in [5.41, 5.74) is 3.26. The zero-order chi connectivity index (χ0) is 20.7. The Morgan fingerprint density at radius 2 is 2.07 bits per heavy atom. The number of ether oxygens (including phenoxy) is 1. The van der Waals surface area contributed by atoms with Gasteiger partial charge < -0.3 is 9.64 Å². The first-order chi connectivity index (χ1) is 14.6. The summed E-state index contributed by atoms with van der Waals surface area (Å²) >= 11 is 0. The summed E-state index contributed by atoms with van der Waals surface area (Å²) in [6.07, 6.45) is 4.62. The van der Waals surface area contributed by atoms with Crippen LogP contribution >= 0.6 is 0 Å². The van der Waals surface area contributed by atoms with Crippen LogP contribution in [0.15, 0.2) is 47.4 Å². The summed E-state index contributed by atoms with van der Waals surface area (Å²) < 4.78 is 7.47. The van der Waals surface area contributed by atoms with Crippen LogP contribution in [0.4, 0.5) is 0 Å². The largest absolute Gasteiger partial charge is 0.462 e. The lowest BCUT2D eigenvalue weighted by atomic mass is 9.97. The standard InChI is InChI=1S/C23H25N5O2/c1-15-6-3-7-16-8-4-9-17(20(15)16)12-19-13-24-21-22(29)25-23(26-28(19)21)30-14-18-10-5-11-27(18)2/h3-4,6-9,13,18H,5,10-12,14H2,1-2H3,(H,25,26,29)/t18-/m0/s1. The van der Waals surface area contributed by atoms with E-state index in [1.54, 1.807) is 10.7 Å². The molecule has 1 atom stereocenters. The van der Waals surface area contributed by atoms with Gasteiger partial charge in [0.25, 0.3) is 5.56 Å². The Labute approximate surface area is 174 Å². The number of rotatable bonds is 5. The van der Waals surface area contributed by atoms with E-state index in [1.165, 1.54) is 28.3 Å². The third kappa shape index (κ3) is 3.35. The molecule has 4 aromatic rings. The fraction of sp³-hybridized carbons (Fsp3) is 0.348. The summed E-state index contributed by atoms with van der Waals surface area (Å²) in [5, 5.41) is 6.98. The molecule has 1 aliphatic rings. The number of nitrogens with zero attached hydrogens (tertiary/aromatic N) is 4. The van der Waals surface area contributed by atoms with Crippen molar-refractivity contribution in [1.29, 1.82) is 0 Å². The SMILES string of the molecule is Cc1cccc2cccc(Cc3cnc4c(=O)[nH]c(OC[C@@H]5CCCN5C)nn34)c12. The number of likely N-dealkylation sites (N-methyl/N-ethyl adjacent to an activating group) is 1. The van der Waals surface area contributed by atoms with E-state index in [0.717, 1.165) is 18.7 Å². The second-order valence-corrected chi connectivity index (χ2v) is 8.10. The minimum Gasteiger partial charge on any atom is -0.462 e. The first-order valence-corrected chi connectivity index (χ1v) is 10.4. The maximum absolute atomic E-state index is 12.5. The van der Waals surface area contributed by atoms with Crippen LogP contribution in [-0.2, 0) is 6.42 Å². The van der Waals surface area contributed by atoms with Gasteiger partial charge in [-0.25, -0.2) is 9.50 Å². The van der Waals surface area contributed by atoms with Crippen LogP contribution in [0.25, 0.3) is 16.4 Å². The molecular weight excluding hydrogens is 378 g/mol. The Balaban J connectivity index is 1.48. The number of likely N-dealkylation sites (tertiary alicyclic amines) is 1. The van der Waals surface area contributed by atoms with Crippen LogP contribution < -0.4 is 10.3 Å². The van der Waals surface area contributed by atoms with E-state index in [2.05, 4.69) is 70.3 Å². The number of hydrogen-bond donors (Lipinski definition) is 1. The van der Waals surface area contributed by atoms with Gasteiger partial charge in [-0.1, -0.05) is 36.4 Å². The zero-order valence-electron chi connectivity index (χ0n) is 17.3. The molecule has 0 aliphatic carbocycles. The number of nitrogens with one attached hydrogen (secondary N) is 1. The minimum absolute atomic E-state index is 0.237. The van der Waals surface area contributed by atoms with E-state index in [1.807, 2.05) is 0 Å². The van der Waals surface area contributed by atoms with Gasteiger partial charge in [0.2, 0.25) is 5.65 Å². The second-order valence-electron chi connectivity index (χ2n) is 8.10. The molecule has 1 aliphatic heterocycles. The van der Waals surface area contributed by atoms with E-state index in [4.69, 9.17) is 4.74 Å². The summed E-state index contributed by atoms with van der Waals surface area (Å²) in [6.45, 7) is 3.71. The molecular formula is C23H25N5O2. The van der Waals surface area contributed by atoms with E-state index in [9.17, 15) is 4.79 Å². The van der Waals surface area contributed by atoms with E-state index in [-0.39, 0.29) is 17.2 Å². The number of imidazole rings is 1. The predicted molar refractivity (Wildman–Crippen MR) is 116 cm³/mol. The Morgan fingerprint density at radius 3 is 2.87 bits per heavy atom. The van der Waals surface area contributed by atoms with Crippen LogP contribution in [-0.4, -0.2) is 50.7 Å². The molecule has 5 rings (SSSR count). The molecule has 0 amide bonds. The summed E-state index contributed by atoms with van der Waals surface area (Å²) in [4.78, 5) is 21.8. The first kappa shape index (κ1) is 18.8. The van der Waals surface area contributed by atoms with Gasteiger partial charge in [0, 0.05) is 12.5 Å². The zero-order valence-corrected chi connectivity index (χ0v) is 17.3. The lowest BCUT2D eigenvalue weighted by Gasteiger charge is -2.18. The number of hydrogen-bond acceptors (Lipinski definition) is 5. The lowest BCUT2D eigenvalue weighted by Crippen LogP contribution is -2.31. The van der Waals surface area contributed by atoms with Gasteiger partial charge in [0.05, 0.1) is 11.9 Å². The molecule has 0 bridgehead atoms. The van der Waals surface area contributed by atoms with Gasteiger partial charge >= 0.3 is 6.01 Å². The van der Waals surface area contributed by atoms with Crippen molar-refractivity contribution in [1.82, 2.24) is 24.5 Å². The average molecular weight is 403 g/mol. The highest BCUT2D eigenvalue weighted by molar-refractivity contribution is 5.88. The topological polar surface area (TPSA) is 75.5 Å². The van der Waals surface area contributed by atoms with Crippen LogP contribution in [0.3, 0.4) is 0 Å². The summed E-state index contributed by atoms with van der Waals surface area (Å²) in [7, 11) is 2.10. The fourth-order valence-corrected chi connectivity index (χ4v) is 4.43. The molecule has 2 aromatic carbocycles. The number of aromatic nitrogens is 4. The van der Waals surface area contributed by atoms with Crippen LogP contribution in [0.2, 0.25) is 0 Å². The second kappa shape index (κ2) is 7.57. The molecule has 0 spiro atoms. The fourth-order valence-electron chi connectivity index (χ4n) is 4.43. The van der Waals surface area contributed by atoms with Crippen molar-refractivity contribution in [2.24, 2.45) is 0 Å². The Hall–Kier alpha value is -3.19. The number of fused-ring (bicyclic) bond motifs is 2. The van der Waals surface area contributed by atoms with Crippen LogP contribution in [0, 0.1) is 6.92 Å². The van der Waals surface area contributed by atoms with Gasteiger partial charge in [0.1, 0.15) is 6.61 Å². The third-order valence-electron chi connectivity index (χ3n) is 6.08. The van der Waals surface area contributed by atoms with Crippen molar-refractivity contribution in [3.05, 3.63) is 69.8 Å². The molecule has 0 unspecified atom stereocenters. The molecule has 154 valence electrons. The van der Waals surface area contributed by atoms with Crippen molar-refractivity contribution in [2.45, 2.75) is 32.2 Å². The highest BCUT2D eigenvalue weighted by Gasteiger charge is 2.22. The van der Waals surface area contributed by atoms with Gasteiger partial charge in [-0.3, -0.25) is 9.78 Å². The van der Waals surface area contributed by atoms with Gasteiger partial charge in [0.15, 0.2) is 0 Å². The molecule has 0 saturated carbocycles. The van der Waals surface area contributed by atoms with E-state index >= 15 is 0 Å². The number of benzene rings is 2. The Kier molecular flexibility index (Phi) is 4.75. The van der Waals surface area contributed by atoms with Crippen molar-refractivity contribution < 1.29 is 4.74 Å². The van der Waals surface area contributed by atoms with Crippen molar-refractivity contribution in [2.75, 3.05) is 20.2 Å². The number of aryl methyl sites for hydroxylation is 1. The van der Waals surface area contributed by atoms with Crippen molar-refractivity contribution in [3.63, 3.8) is 0 Å². The molecule has 1 fully saturated rings. The summed E-state index contributed by atoms with van der Waals surface area (Å²) in [5.74, 6) is 0. The van der Waals surface area contributed by atoms with E-state index in [0.29, 0.717) is 19.1 Å². The highest BCUT2D eigenvalue weighted by atomic mass is 16.5. The molecule has 2 aromatic heterocycles. The highest BCUT2D eigenvalue weighted by Crippen LogP contribution is 2.25.